The summed E-state index contributed by atoms with van der Waals surface area (Å²) in [4.78, 5) is 13.5. The molecule has 3 N–H and O–H groups in total. The summed E-state index contributed by atoms with van der Waals surface area (Å²) in [5.74, 6) is 0.857. The number of nitrogens with one attached hydrogen (secondary N) is 1. The van der Waals surface area contributed by atoms with Crippen molar-refractivity contribution in [1.29, 1.82) is 0 Å². The summed E-state index contributed by atoms with van der Waals surface area (Å²) in [6, 6.07) is 0. The first-order valence-electron chi connectivity index (χ1n) is 6.80. The number of fused-ring (bicyclic) bond motifs is 1. The van der Waals surface area contributed by atoms with Crippen molar-refractivity contribution < 1.29 is 4.79 Å². The quantitative estimate of drug-likeness (QED) is 0.822. The van der Waals surface area contributed by atoms with E-state index in [0.717, 1.165) is 43.7 Å². The van der Waals surface area contributed by atoms with Crippen LogP contribution in [-0.2, 0) is 12.8 Å². The zero-order chi connectivity index (χ0) is 13.0. The molecule has 1 aromatic heterocycles. The average molecular weight is 303 g/mol. The highest BCUT2D eigenvalue weighted by molar-refractivity contribution is 7.10. The SMILES string of the molecule is CC1CCc2c(C(=O)NCCCCN)csc2C1.Cl. The maximum absolute atomic E-state index is 12.1. The van der Waals surface area contributed by atoms with Crippen molar-refractivity contribution in [2.45, 2.75) is 39.0 Å². The second-order valence-electron chi connectivity index (χ2n) is 5.15. The molecule has 0 radical (unpaired) electrons. The van der Waals surface area contributed by atoms with Gasteiger partial charge in [-0.3, -0.25) is 4.79 Å². The van der Waals surface area contributed by atoms with Crippen LogP contribution in [0.2, 0.25) is 0 Å². The highest BCUT2D eigenvalue weighted by atomic mass is 35.5. The first-order valence-corrected chi connectivity index (χ1v) is 7.68. The number of nitrogens with two attached hydrogens (primary N) is 1. The molecule has 0 fully saturated rings. The number of thiophene rings is 1. The van der Waals surface area contributed by atoms with Crippen LogP contribution in [0.15, 0.2) is 5.38 Å². The third kappa shape index (κ3) is 4.20. The first-order chi connectivity index (χ1) is 8.72. The summed E-state index contributed by atoms with van der Waals surface area (Å²) in [5.41, 5.74) is 7.65. The Hall–Kier alpha value is -0.580. The van der Waals surface area contributed by atoms with Crippen LogP contribution >= 0.6 is 23.7 Å². The summed E-state index contributed by atoms with van der Waals surface area (Å²) in [7, 11) is 0. The van der Waals surface area contributed by atoms with Crippen molar-refractivity contribution in [3.63, 3.8) is 0 Å². The molecule has 0 saturated carbocycles. The number of carbonyl (C=O) groups excluding carboxylic acids is 1. The van der Waals surface area contributed by atoms with Crippen molar-refractivity contribution in [3.05, 3.63) is 21.4 Å². The Morgan fingerprint density at radius 3 is 3.05 bits per heavy atom. The second-order valence-corrected chi connectivity index (χ2v) is 6.11. The number of amides is 1. The Morgan fingerprint density at radius 1 is 1.53 bits per heavy atom. The standard InChI is InChI=1S/C14H22N2OS.ClH/c1-10-4-5-11-12(9-18-13(11)8-10)14(17)16-7-3-2-6-15;/h9-10H,2-8,15H2,1H3,(H,16,17);1H. The molecule has 3 nitrogen and oxygen atoms in total. The van der Waals surface area contributed by atoms with Gasteiger partial charge in [-0.15, -0.1) is 23.7 Å². The summed E-state index contributed by atoms with van der Waals surface area (Å²) >= 11 is 1.75. The van der Waals surface area contributed by atoms with Gasteiger partial charge in [-0.25, -0.2) is 0 Å². The lowest BCUT2D eigenvalue weighted by Crippen LogP contribution is -2.26. The number of hydrogen-bond donors (Lipinski definition) is 2. The lowest BCUT2D eigenvalue weighted by Gasteiger charge is -2.18. The third-order valence-corrected chi connectivity index (χ3v) is 4.61. The predicted octanol–water partition coefficient (Wildman–Crippen LogP) is 2.76. The monoisotopic (exact) mass is 302 g/mol. The lowest BCUT2D eigenvalue weighted by atomic mass is 9.88. The Labute approximate surface area is 125 Å². The van der Waals surface area contributed by atoms with Gasteiger partial charge in [-0.1, -0.05) is 6.92 Å². The number of rotatable bonds is 5. The molecule has 5 heteroatoms. The minimum Gasteiger partial charge on any atom is -0.352 e. The van der Waals surface area contributed by atoms with Crippen molar-refractivity contribution >= 4 is 29.7 Å². The fourth-order valence-corrected chi connectivity index (χ4v) is 3.68. The predicted molar refractivity (Wildman–Crippen MR) is 83.4 cm³/mol. The molecule has 1 aromatic rings. The van der Waals surface area contributed by atoms with Crippen molar-refractivity contribution in [2.75, 3.05) is 13.1 Å². The normalized spacial score (nSPS) is 17.5. The van der Waals surface area contributed by atoms with E-state index in [-0.39, 0.29) is 18.3 Å². The maximum atomic E-state index is 12.1. The van der Waals surface area contributed by atoms with Crippen LogP contribution in [0.4, 0.5) is 0 Å². The molecule has 1 unspecified atom stereocenters. The van der Waals surface area contributed by atoms with Gasteiger partial charge in [0.1, 0.15) is 0 Å². The van der Waals surface area contributed by atoms with Crippen LogP contribution in [0.25, 0.3) is 0 Å². The second kappa shape index (κ2) is 7.88. The molecular weight excluding hydrogens is 280 g/mol. The first kappa shape index (κ1) is 16.5. The summed E-state index contributed by atoms with van der Waals surface area (Å²) in [5, 5.41) is 5.02. The smallest absolute Gasteiger partial charge is 0.252 e. The summed E-state index contributed by atoms with van der Waals surface area (Å²) in [6.07, 6.45) is 5.34. The van der Waals surface area contributed by atoms with Crippen LogP contribution in [-0.4, -0.2) is 19.0 Å². The third-order valence-electron chi connectivity index (χ3n) is 3.56. The molecule has 1 aliphatic carbocycles. The molecule has 19 heavy (non-hydrogen) atoms. The molecule has 0 aliphatic heterocycles. The van der Waals surface area contributed by atoms with Gasteiger partial charge in [-0.05, 0) is 50.1 Å². The van der Waals surface area contributed by atoms with Crippen molar-refractivity contribution in [1.82, 2.24) is 5.32 Å². The van der Waals surface area contributed by atoms with Gasteiger partial charge in [0.25, 0.3) is 5.91 Å². The van der Waals surface area contributed by atoms with Gasteiger partial charge in [-0.2, -0.15) is 0 Å². The molecule has 1 heterocycles. The molecule has 108 valence electrons. The van der Waals surface area contributed by atoms with Crippen LogP contribution in [0.3, 0.4) is 0 Å². The molecule has 1 amide bonds. The minimum absolute atomic E-state index is 0. The van der Waals surface area contributed by atoms with Crippen LogP contribution in [0.1, 0.15) is 47.0 Å². The van der Waals surface area contributed by atoms with Gasteiger partial charge in [0.2, 0.25) is 0 Å². The van der Waals surface area contributed by atoms with E-state index >= 15 is 0 Å². The Kier molecular flexibility index (Phi) is 6.83. The van der Waals surface area contributed by atoms with Crippen molar-refractivity contribution in [2.24, 2.45) is 11.7 Å². The van der Waals surface area contributed by atoms with E-state index in [9.17, 15) is 4.79 Å². The zero-order valence-electron chi connectivity index (χ0n) is 11.4. The molecular formula is C14H23ClN2OS. The topological polar surface area (TPSA) is 55.1 Å². The van der Waals surface area contributed by atoms with Gasteiger partial charge in [0.15, 0.2) is 0 Å². The molecule has 1 atom stereocenters. The van der Waals surface area contributed by atoms with Crippen LogP contribution in [0.5, 0.6) is 0 Å². The Balaban J connectivity index is 0.00000180. The summed E-state index contributed by atoms with van der Waals surface area (Å²) in [6.45, 7) is 3.72. The van der Waals surface area contributed by atoms with Crippen LogP contribution < -0.4 is 11.1 Å². The van der Waals surface area contributed by atoms with E-state index in [1.54, 1.807) is 11.3 Å². The summed E-state index contributed by atoms with van der Waals surface area (Å²) < 4.78 is 0. The lowest BCUT2D eigenvalue weighted by molar-refractivity contribution is 0.0952. The molecule has 0 aromatic carbocycles. The Morgan fingerprint density at radius 2 is 2.32 bits per heavy atom. The molecule has 2 rings (SSSR count). The fourth-order valence-electron chi connectivity index (χ4n) is 2.43. The van der Waals surface area contributed by atoms with Crippen molar-refractivity contribution in [3.8, 4) is 0 Å². The maximum Gasteiger partial charge on any atom is 0.252 e. The highest BCUT2D eigenvalue weighted by Gasteiger charge is 2.22. The van der Waals surface area contributed by atoms with Gasteiger partial charge in [0, 0.05) is 16.8 Å². The zero-order valence-corrected chi connectivity index (χ0v) is 13.0. The number of halogens is 1. The average Bonchev–Trinajstić information content (AvgIpc) is 2.77. The van der Waals surface area contributed by atoms with E-state index in [4.69, 9.17) is 5.73 Å². The largest absolute Gasteiger partial charge is 0.352 e. The van der Waals surface area contributed by atoms with E-state index in [1.807, 2.05) is 5.38 Å². The minimum atomic E-state index is 0. The number of unbranched alkanes of at least 4 members (excludes halogenated alkanes) is 1. The number of hydrogen-bond acceptors (Lipinski definition) is 3. The molecule has 1 aliphatic rings. The van der Waals surface area contributed by atoms with E-state index in [1.165, 1.54) is 16.9 Å². The van der Waals surface area contributed by atoms with E-state index < -0.39 is 0 Å². The molecule has 0 saturated heterocycles. The van der Waals surface area contributed by atoms with Gasteiger partial charge >= 0.3 is 0 Å². The number of carbonyl (C=O) groups is 1. The highest BCUT2D eigenvalue weighted by Crippen LogP contribution is 2.32. The van der Waals surface area contributed by atoms with E-state index in [2.05, 4.69) is 12.2 Å². The fraction of sp³-hybridized carbons (Fsp3) is 0.643. The van der Waals surface area contributed by atoms with Gasteiger partial charge < -0.3 is 11.1 Å². The molecule has 0 spiro atoms. The van der Waals surface area contributed by atoms with E-state index in [0.29, 0.717) is 6.54 Å². The molecule has 0 bridgehead atoms. The van der Waals surface area contributed by atoms with Gasteiger partial charge in [0.05, 0.1) is 5.56 Å². The van der Waals surface area contributed by atoms with Crippen LogP contribution in [0, 0.1) is 5.92 Å². The Bertz CT molecular complexity index is 420.